The van der Waals surface area contributed by atoms with Crippen molar-refractivity contribution < 1.29 is 9.59 Å². The number of rotatable bonds is 6. The number of carbonyl (C=O) groups is 2. The van der Waals surface area contributed by atoms with Gasteiger partial charge in [-0.05, 0) is 32.3 Å². The Balaban J connectivity index is 1.57. The van der Waals surface area contributed by atoms with E-state index in [0.717, 1.165) is 23.4 Å². The molecule has 3 aromatic rings. The number of nitrogens with zero attached hydrogens (tertiary/aromatic N) is 5. The summed E-state index contributed by atoms with van der Waals surface area (Å²) >= 11 is 1.33. The van der Waals surface area contributed by atoms with Gasteiger partial charge < -0.3 is 4.90 Å². The summed E-state index contributed by atoms with van der Waals surface area (Å²) in [5.74, 6) is 1.20. The topological polar surface area (TPSA) is 79.3 Å². The van der Waals surface area contributed by atoms with Crippen LogP contribution in [-0.2, 0) is 24.2 Å². The number of anilines is 1. The maximum absolute atomic E-state index is 12.8. The van der Waals surface area contributed by atoms with E-state index in [4.69, 9.17) is 4.98 Å². The zero-order chi connectivity index (χ0) is 22.0. The van der Waals surface area contributed by atoms with Crippen LogP contribution >= 0.6 is 11.3 Å². The Morgan fingerprint density at radius 2 is 1.90 bits per heavy atom. The molecule has 31 heavy (non-hydrogen) atoms. The van der Waals surface area contributed by atoms with E-state index >= 15 is 0 Å². The van der Waals surface area contributed by atoms with Crippen LogP contribution in [0.4, 0.5) is 5.82 Å². The minimum absolute atomic E-state index is 0.0807. The number of hydrogen-bond donors (Lipinski definition) is 0. The van der Waals surface area contributed by atoms with E-state index in [1.165, 1.54) is 16.9 Å². The van der Waals surface area contributed by atoms with Gasteiger partial charge in [0.2, 0.25) is 5.91 Å². The van der Waals surface area contributed by atoms with Crippen LogP contribution < -0.4 is 4.90 Å². The Kier molecular flexibility index (Phi) is 6.08. The van der Waals surface area contributed by atoms with Gasteiger partial charge in [0, 0.05) is 31.3 Å². The molecule has 0 fully saturated rings. The molecule has 8 heteroatoms. The SMILES string of the molecule is Cc1ncsc1C(=O)N(C)Cc1nc(C)c2c(n1)N(CCc1ccccc1)C(=O)CC2. The second kappa shape index (κ2) is 8.93. The molecule has 2 amide bonds. The van der Waals surface area contributed by atoms with Crippen LogP contribution in [0.2, 0.25) is 0 Å². The fourth-order valence-corrected chi connectivity index (χ4v) is 4.59. The Labute approximate surface area is 185 Å². The molecule has 0 bridgehead atoms. The first-order chi connectivity index (χ1) is 14.9. The van der Waals surface area contributed by atoms with Crippen LogP contribution in [0.3, 0.4) is 0 Å². The van der Waals surface area contributed by atoms with Gasteiger partial charge in [-0.2, -0.15) is 0 Å². The summed E-state index contributed by atoms with van der Waals surface area (Å²) < 4.78 is 0. The van der Waals surface area contributed by atoms with Crippen LogP contribution in [0.1, 0.15) is 44.4 Å². The molecule has 7 nitrogen and oxygen atoms in total. The lowest BCUT2D eigenvalue weighted by molar-refractivity contribution is -0.118. The van der Waals surface area contributed by atoms with Crippen molar-refractivity contribution in [2.45, 2.75) is 39.7 Å². The second-order valence-electron chi connectivity index (χ2n) is 7.74. The van der Waals surface area contributed by atoms with E-state index < -0.39 is 0 Å². The lowest BCUT2D eigenvalue weighted by atomic mass is 10.0. The number of thiazole rings is 1. The van der Waals surface area contributed by atoms with Gasteiger partial charge in [-0.15, -0.1) is 11.3 Å². The summed E-state index contributed by atoms with van der Waals surface area (Å²) in [5.41, 5.74) is 5.46. The molecule has 1 aliphatic heterocycles. The smallest absolute Gasteiger partial charge is 0.265 e. The first-order valence-electron chi connectivity index (χ1n) is 10.3. The molecule has 0 aliphatic carbocycles. The van der Waals surface area contributed by atoms with Crippen molar-refractivity contribution >= 4 is 29.0 Å². The van der Waals surface area contributed by atoms with Crippen molar-refractivity contribution in [2.24, 2.45) is 0 Å². The molecule has 0 saturated heterocycles. The Morgan fingerprint density at radius 3 is 2.61 bits per heavy atom. The van der Waals surface area contributed by atoms with E-state index in [2.05, 4.69) is 22.1 Å². The molecule has 0 saturated carbocycles. The van der Waals surface area contributed by atoms with E-state index in [9.17, 15) is 9.59 Å². The van der Waals surface area contributed by atoms with Crippen molar-refractivity contribution in [1.82, 2.24) is 19.9 Å². The van der Waals surface area contributed by atoms with Gasteiger partial charge in [0.1, 0.15) is 16.5 Å². The van der Waals surface area contributed by atoms with Crippen LogP contribution in [-0.4, -0.2) is 45.3 Å². The highest BCUT2D eigenvalue weighted by atomic mass is 32.1. The third kappa shape index (κ3) is 4.49. The molecular formula is C23H25N5O2S. The fraction of sp³-hybridized carbons (Fsp3) is 0.348. The molecule has 1 aromatic carbocycles. The third-order valence-corrected chi connectivity index (χ3v) is 6.43. The molecule has 4 rings (SSSR count). The zero-order valence-electron chi connectivity index (χ0n) is 18.0. The summed E-state index contributed by atoms with van der Waals surface area (Å²) in [6.45, 7) is 4.61. The molecule has 160 valence electrons. The number of benzene rings is 1. The first-order valence-corrected chi connectivity index (χ1v) is 11.2. The maximum atomic E-state index is 12.8. The fourth-order valence-electron chi connectivity index (χ4n) is 3.79. The van der Waals surface area contributed by atoms with Crippen molar-refractivity contribution in [1.29, 1.82) is 0 Å². The maximum Gasteiger partial charge on any atom is 0.265 e. The van der Waals surface area contributed by atoms with E-state index in [-0.39, 0.29) is 18.4 Å². The lowest BCUT2D eigenvalue weighted by Crippen LogP contribution is -2.38. The molecule has 1 aliphatic rings. The predicted octanol–water partition coefficient (Wildman–Crippen LogP) is 3.34. The predicted molar refractivity (Wildman–Crippen MR) is 120 cm³/mol. The average molecular weight is 436 g/mol. The number of fused-ring (bicyclic) bond motifs is 1. The normalized spacial score (nSPS) is 13.3. The van der Waals surface area contributed by atoms with Gasteiger partial charge in [-0.3, -0.25) is 14.5 Å². The van der Waals surface area contributed by atoms with Crippen molar-refractivity contribution in [2.75, 3.05) is 18.5 Å². The minimum atomic E-state index is -0.101. The van der Waals surface area contributed by atoms with Crippen LogP contribution in [0.25, 0.3) is 0 Å². The van der Waals surface area contributed by atoms with Gasteiger partial charge in [-0.25, -0.2) is 15.0 Å². The van der Waals surface area contributed by atoms with E-state index in [1.54, 1.807) is 22.4 Å². The summed E-state index contributed by atoms with van der Waals surface area (Å²) in [5, 5.41) is 0. The van der Waals surface area contributed by atoms with Crippen molar-refractivity contribution in [3.63, 3.8) is 0 Å². The van der Waals surface area contributed by atoms with Gasteiger partial charge in [0.25, 0.3) is 5.91 Å². The Bertz CT molecular complexity index is 1110. The largest absolute Gasteiger partial charge is 0.333 e. The minimum Gasteiger partial charge on any atom is -0.333 e. The zero-order valence-corrected chi connectivity index (χ0v) is 18.8. The molecule has 0 N–H and O–H groups in total. The molecule has 0 spiro atoms. The van der Waals surface area contributed by atoms with Gasteiger partial charge in [0.05, 0.1) is 17.7 Å². The van der Waals surface area contributed by atoms with Crippen molar-refractivity contribution in [3.8, 4) is 0 Å². The van der Waals surface area contributed by atoms with E-state index in [0.29, 0.717) is 35.9 Å². The molecule has 0 atom stereocenters. The summed E-state index contributed by atoms with van der Waals surface area (Å²) in [6.07, 6.45) is 1.87. The van der Waals surface area contributed by atoms with Crippen LogP contribution in [0.5, 0.6) is 0 Å². The number of amides is 2. The number of carbonyl (C=O) groups excluding carboxylic acids is 2. The highest BCUT2D eigenvalue weighted by Gasteiger charge is 2.28. The summed E-state index contributed by atoms with van der Waals surface area (Å²) in [7, 11) is 1.73. The number of hydrogen-bond acceptors (Lipinski definition) is 6. The van der Waals surface area contributed by atoms with Crippen LogP contribution in [0, 0.1) is 13.8 Å². The lowest BCUT2D eigenvalue weighted by Gasteiger charge is -2.30. The summed E-state index contributed by atoms with van der Waals surface area (Å²) in [4.78, 5) is 43.0. The standard InChI is InChI=1S/C23H25N5O2S/c1-15-18-9-10-20(29)28(12-11-17-7-5-4-6-8-17)22(18)26-19(25-15)13-27(3)23(30)21-16(2)24-14-31-21/h4-8,14H,9-13H2,1-3H3. The van der Waals surface area contributed by atoms with Gasteiger partial charge in [0.15, 0.2) is 0 Å². The molecule has 0 unspecified atom stereocenters. The van der Waals surface area contributed by atoms with E-state index in [1.807, 2.05) is 32.0 Å². The first kappa shape index (κ1) is 21.1. The molecule has 2 aromatic heterocycles. The second-order valence-corrected chi connectivity index (χ2v) is 8.59. The quantitative estimate of drug-likeness (QED) is 0.593. The summed E-state index contributed by atoms with van der Waals surface area (Å²) in [6, 6.07) is 10.1. The average Bonchev–Trinajstić information content (AvgIpc) is 3.19. The van der Waals surface area contributed by atoms with Crippen molar-refractivity contribution in [3.05, 3.63) is 69.1 Å². The highest BCUT2D eigenvalue weighted by Crippen LogP contribution is 2.28. The van der Waals surface area contributed by atoms with Gasteiger partial charge in [-0.1, -0.05) is 30.3 Å². The highest BCUT2D eigenvalue weighted by molar-refractivity contribution is 7.11. The molecular weight excluding hydrogens is 410 g/mol. The number of aryl methyl sites for hydroxylation is 2. The monoisotopic (exact) mass is 435 g/mol. The Morgan fingerprint density at radius 1 is 1.13 bits per heavy atom. The molecule has 3 heterocycles. The Hall–Kier alpha value is -3.13. The third-order valence-electron chi connectivity index (χ3n) is 5.52. The van der Waals surface area contributed by atoms with Gasteiger partial charge >= 0.3 is 0 Å². The molecule has 0 radical (unpaired) electrons. The number of aromatic nitrogens is 3. The van der Waals surface area contributed by atoms with Crippen LogP contribution in [0.15, 0.2) is 35.8 Å².